The van der Waals surface area contributed by atoms with Crippen LogP contribution in [0.4, 0.5) is 0 Å². The molecule has 2 heterocycles. The van der Waals surface area contributed by atoms with Crippen molar-refractivity contribution in [1.82, 2.24) is 14.1 Å². The molecule has 176 valence electrons. The van der Waals surface area contributed by atoms with E-state index in [4.69, 9.17) is 4.43 Å². The number of carbonyl (C=O) groups is 1. The van der Waals surface area contributed by atoms with Crippen LogP contribution in [-0.2, 0) is 14.4 Å². The molecular formula is C23H35N3O4SSi. The number of hydrogen-bond donors (Lipinski definition) is 0. The number of aryl methyl sites for hydroxylation is 3. The highest BCUT2D eigenvalue weighted by Gasteiger charge is 2.48. The first-order valence-electron chi connectivity index (χ1n) is 11.0. The summed E-state index contributed by atoms with van der Waals surface area (Å²) in [6, 6.07) is 7.67. The highest BCUT2D eigenvalue weighted by atomic mass is 32.2. The van der Waals surface area contributed by atoms with Gasteiger partial charge in [0.05, 0.1) is 16.7 Å². The molecule has 3 rings (SSSR count). The zero-order valence-electron chi connectivity index (χ0n) is 20.3. The normalized spacial score (nSPS) is 20.6. The first kappa shape index (κ1) is 24.8. The number of hydrogen-bond acceptors (Lipinski definition) is 5. The zero-order valence-corrected chi connectivity index (χ0v) is 22.2. The van der Waals surface area contributed by atoms with Gasteiger partial charge < -0.3 is 4.43 Å². The lowest BCUT2D eigenvalue weighted by Gasteiger charge is -2.38. The van der Waals surface area contributed by atoms with Gasteiger partial charge in [0.15, 0.2) is 8.32 Å². The van der Waals surface area contributed by atoms with Gasteiger partial charge in [-0.05, 0) is 63.5 Å². The van der Waals surface area contributed by atoms with Gasteiger partial charge >= 0.3 is 0 Å². The second kappa shape index (κ2) is 8.51. The summed E-state index contributed by atoms with van der Waals surface area (Å²) in [4.78, 5) is 13.7. The quantitative estimate of drug-likeness (QED) is 0.600. The minimum Gasteiger partial charge on any atom is -0.413 e. The minimum absolute atomic E-state index is 0.0224. The Morgan fingerprint density at radius 2 is 1.72 bits per heavy atom. The molecule has 1 aromatic carbocycles. The molecule has 9 heteroatoms. The van der Waals surface area contributed by atoms with Crippen molar-refractivity contribution in [3.05, 3.63) is 47.3 Å². The van der Waals surface area contributed by atoms with Crippen molar-refractivity contribution in [2.75, 3.05) is 6.54 Å². The summed E-state index contributed by atoms with van der Waals surface area (Å²) in [6.07, 6.45) is -0.0311. The van der Waals surface area contributed by atoms with Crippen LogP contribution in [0.15, 0.2) is 35.2 Å². The number of rotatable bonds is 5. The van der Waals surface area contributed by atoms with E-state index in [0.29, 0.717) is 12.1 Å². The van der Waals surface area contributed by atoms with Crippen LogP contribution < -0.4 is 0 Å². The monoisotopic (exact) mass is 477 g/mol. The van der Waals surface area contributed by atoms with Gasteiger partial charge in [0.2, 0.25) is 10.0 Å². The van der Waals surface area contributed by atoms with Gasteiger partial charge in [-0.3, -0.25) is 4.79 Å². The van der Waals surface area contributed by atoms with E-state index in [-0.39, 0.29) is 28.5 Å². The van der Waals surface area contributed by atoms with E-state index in [0.717, 1.165) is 11.3 Å². The molecule has 0 bridgehead atoms. The maximum Gasteiger partial charge on any atom is 0.265 e. The van der Waals surface area contributed by atoms with Crippen molar-refractivity contribution in [2.45, 2.75) is 83.1 Å². The average molecular weight is 478 g/mol. The first-order valence-corrected chi connectivity index (χ1v) is 15.3. The fraction of sp³-hybridized carbons (Fsp3) is 0.565. The number of sulfonamides is 1. The second-order valence-corrected chi connectivity index (χ2v) is 17.0. The van der Waals surface area contributed by atoms with E-state index in [9.17, 15) is 13.2 Å². The van der Waals surface area contributed by atoms with E-state index in [1.807, 2.05) is 19.9 Å². The Labute approximate surface area is 192 Å². The minimum atomic E-state index is -3.88. The molecule has 1 fully saturated rings. The van der Waals surface area contributed by atoms with E-state index in [2.05, 4.69) is 39.0 Å². The molecule has 0 saturated carbocycles. The van der Waals surface area contributed by atoms with Gasteiger partial charge in [-0.15, -0.1) is 0 Å². The molecule has 0 aliphatic carbocycles. The number of aromatic nitrogens is 2. The molecule has 0 unspecified atom stereocenters. The molecule has 1 aliphatic rings. The Morgan fingerprint density at radius 3 is 2.22 bits per heavy atom. The Bertz CT molecular complexity index is 1100. The summed E-state index contributed by atoms with van der Waals surface area (Å²) < 4.78 is 36.4. The maximum absolute atomic E-state index is 13.6. The van der Waals surface area contributed by atoms with Gasteiger partial charge in [-0.2, -0.15) is 9.40 Å². The van der Waals surface area contributed by atoms with Crippen LogP contribution in [0.3, 0.4) is 0 Å². The number of nitrogens with zero attached hydrogens (tertiary/aromatic N) is 3. The van der Waals surface area contributed by atoms with Crippen molar-refractivity contribution < 1.29 is 17.6 Å². The maximum atomic E-state index is 13.6. The van der Waals surface area contributed by atoms with Crippen molar-refractivity contribution >= 4 is 24.2 Å². The van der Waals surface area contributed by atoms with Crippen LogP contribution in [0.2, 0.25) is 18.1 Å². The standard InChI is InChI=1S/C23H35N3O4SSi/c1-16-9-11-20(12-10-16)31(28,29)25-15-19(30-32(7,8)23(4,5)6)14-21(25)22(27)26-18(3)13-17(2)24-26/h9-13,19,21H,14-15H2,1-8H3/t19-,21+/m0/s1. The molecule has 0 spiro atoms. The van der Waals surface area contributed by atoms with E-state index in [1.165, 1.54) is 8.99 Å². The first-order chi connectivity index (χ1) is 14.6. The zero-order chi connectivity index (χ0) is 24.1. The molecule has 0 N–H and O–H groups in total. The third-order valence-electron chi connectivity index (χ3n) is 6.62. The summed E-state index contributed by atoms with van der Waals surface area (Å²) >= 11 is 0. The highest BCUT2D eigenvalue weighted by molar-refractivity contribution is 7.89. The molecular weight excluding hydrogens is 442 g/mol. The van der Waals surface area contributed by atoms with Crippen LogP contribution in [0.1, 0.15) is 48.9 Å². The Balaban J connectivity index is 2.00. The fourth-order valence-corrected chi connectivity index (χ4v) is 6.76. The summed E-state index contributed by atoms with van der Waals surface area (Å²) in [5.41, 5.74) is 2.38. The van der Waals surface area contributed by atoms with Gasteiger partial charge in [-0.25, -0.2) is 13.1 Å². The predicted octanol–water partition coefficient (Wildman–Crippen LogP) is 4.30. The van der Waals surface area contributed by atoms with E-state index in [1.54, 1.807) is 31.2 Å². The van der Waals surface area contributed by atoms with Crippen molar-refractivity contribution in [2.24, 2.45) is 0 Å². The number of carbonyl (C=O) groups excluding carboxylic acids is 1. The summed E-state index contributed by atoms with van der Waals surface area (Å²) in [7, 11) is -6.03. The smallest absolute Gasteiger partial charge is 0.265 e. The van der Waals surface area contributed by atoms with Gasteiger partial charge in [-0.1, -0.05) is 38.5 Å². The molecule has 7 nitrogen and oxygen atoms in total. The Morgan fingerprint density at radius 1 is 1.12 bits per heavy atom. The molecule has 1 aromatic heterocycles. The van der Waals surface area contributed by atoms with Crippen LogP contribution in [0.5, 0.6) is 0 Å². The third kappa shape index (κ3) is 4.76. The molecule has 32 heavy (non-hydrogen) atoms. The van der Waals surface area contributed by atoms with Crippen LogP contribution >= 0.6 is 0 Å². The largest absolute Gasteiger partial charge is 0.413 e. The van der Waals surface area contributed by atoms with Gasteiger partial charge in [0, 0.05) is 12.2 Å². The van der Waals surface area contributed by atoms with E-state index >= 15 is 0 Å². The molecule has 2 atom stereocenters. The summed E-state index contributed by atoms with van der Waals surface area (Å²) in [5, 5.41) is 4.29. The highest BCUT2D eigenvalue weighted by Crippen LogP contribution is 2.39. The van der Waals surface area contributed by atoms with Crippen molar-refractivity contribution in [3.8, 4) is 0 Å². The summed E-state index contributed by atoms with van der Waals surface area (Å²) in [6.45, 7) is 16.4. The Kier molecular flexibility index (Phi) is 6.60. The van der Waals surface area contributed by atoms with Gasteiger partial charge in [0.1, 0.15) is 6.04 Å². The molecule has 1 saturated heterocycles. The van der Waals surface area contributed by atoms with Crippen molar-refractivity contribution in [1.29, 1.82) is 0 Å². The van der Waals surface area contributed by atoms with Crippen LogP contribution in [0, 0.1) is 20.8 Å². The lowest BCUT2D eigenvalue weighted by molar-refractivity contribution is 0.0809. The van der Waals surface area contributed by atoms with E-state index < -0.39 is 24.4 Å². The van der Waals surface area contributed by atoms with Crippen LogP contribution in [0.25, 0.3) is 0 Å². The molecule has 0 radical (unpaired) electrons. The fourth-order valence-electron chi connectivity index (χ4n) is 3.78. The molecule has 2 aromatic rings. The third-order valence-corrected chi connectivity index (χ3v) is 13.0. The lowest BCUT2D eigenvalue weighted by atomic mass is 10.2. The number of benzene rings is 1. The SMILES string of the molecule is Cc1ccc(S(=O)(=O)N2C[C@@H](O[Si](C)(C)C(C)(C)C)C[C@@H]2C(=O)n2nc(C)cc2C)cc1. The lowest BCUT2D eigenvalue weighted by Crippen LogP contribution is -2.45. The molecule has 0 amide bonds. The van der Waals surface area contributed by atoms with Gasteiger partial charge in [0.25, 0.3) is 5.91 Å². The second-order valence-electron chi connectivity index (χ2n) is 10.3. The average Bonchev–Trinajstić information content (AvgIpc) is 3.23. The Hall–Kier alpha value is -1.81. The topological polar surface area (TPSA) is 81.5 Å². The van der Waals surface area contributed by atoms with Crippen LogP contribution in [-0.4, -0.2) is 55.4 Å². The summed E-state index contributed by atoms with van der Waals surface area (Å²) in [5.74, 6) is -0.340. The van der Waals surface area contributed by atoms with Crippen molar-refractivity contribution in [3.63, 3.8) is 0 Å². The predicted molar refractivity (Wildman–Crippen MR) is 128 cm³/mol. The molecule has 1 aliphatic heterocycles.